The van der Waals surface area contributed by atoms with Gasteiger partial charge in [0.15, 0.2) is 0 Å². The zero-order valence-electron chi connectivity index (χ0n) is 9.82. The number of hydrogen-bond acceptors (Lipinski definition) is 3. The first-order valence-corrected chi connectivity index (χ1v) is 7.11. The summed E-state index contributed by atoms with van der Waals surface area (Å²) in [6.45, 7) is 0. The van der Waals surface area contributed by atoms with Gasteiger partial charge in [-0.05, 0) is 36.3 Å². The number of benzene rings is 1. The van der Waals surface area contributed by atoms with Crippen molar-refractivity contribution >= 4 is 23.4 Å². The van der Waals surface area contributed by atoms with Crippen molar-refractivity contribution in [3.63, 3.8) is 0 Å². The number of nitrogens with one attached hydrogen (secondary N) is 1. The van der Waals surface area contributed by atoms with Crippen molar-refractivity contribution in [3.8, 4) is 0 Å². The number of carbonyl (C=O) groups is 1. The third kappa shape index (κ3) is 3.97. The summed E-state index contributed by atoms with van der Waals surface area (Å²) in [5, 5.41) is 3.07. The molecule has 0 aromatic heterocycles. The van der Waals surface area contributed by atoms with Gasteiger partial charge in [-0.25, -0.2) is 0 Å². The van der Waals surface area contributed by atoms with Gasteiger partial charge >= 0.3 is 0 Å². The van der Waals surface area contributed by atoms with Gasteiger partial charge < -0.3 is 11.1 Å². The third-order valence-corrected chi connectivity index (χ3v) is 4.05. The molecule has 1 unspecified atom stereocenters. The van der Waals surface area contributed by atoms with Gasteiger partial charge in [-0.1, -0.05) is 12.1 Å². The van der Waals surface area contributed by atoms with Crippen LogP contribution in [0, 0.1) is 0 Å². The van der Waals surface area contributed by atoms with Crippen molar-refractivity contribution in [2.45, 2.75) is 25.3 Å². The molecule has 1 aliphatic rings. The van der Waals surface area contributed by atoms with Crippen LogP contribution in [0.15, 0.2) is 24.3 Å². The number of aryl methyl sites for hydroxylation is 1. The second kappa shape index (κ2) is 5.96. The van der Waals surface area contributed by atoms with E-state index in [0.29, 0.717) is 12.5 Å². The molecule has 0 bridgehead atoms. The summed E-state index contributed by atoms with van der Waals surface area (Å²) in [5.41, 5.74) is 7.58. The zero-order valence-corrected chi connectivity index (χ0v) is 10.6. The fraction of sp³-hybridized carbons (Fsp3) is 0.462. The van der Waals surface area contributed by atoms with Crippen LogP contribution < -0.4 is 11.1 Å². The fourth-order valence-corrected chi connectivity index (χ4v) is 3.11. The van der Waals surface area contributed by atoms with Gasteiger partial charge in [0.2, 0.25) is 5.91 Å². The van der Waals surface area contributed by atoms with E-state index < -0.39 is 0 Å². The topological polar surface area (TPSA) is 55.1 Å². The van der Waals surface area contributed by atoms with Crippen LogP contribution in [-0.4, -0.2) is 23.5 Å². The van der Waals surface area contributed by atoms with Crippen molar-refractivity contribution in [1.82, 2.24) is 5.32 Å². The Balaban J connectivity index is 1.75. The summed E-state index contributed by atoms with van der Waals surface area (Å²) in [4.78, 5) is 11.7. The predicted octanol–water partition coefficient (Wildman–Crippen LogP) is 1.82. The maximum absolute atomic E-state index is 11.7. The molecule has 92 valence electrons. The van der Waals surface area contributed by atoms with E-state index in [-0.39, 0.29) is 5.91 Å². The molecule has 1 saturated heterocycles. The Hall–Kier alpha value is -1.16. The number of rotatable bonds is 4. The molecule has 1 fully saturated rings. The quantitative estimate of drug-likeness (QED) is 0.802. The van der Waals surface area contributed by atoms with Crippen LogP contribution in [-0.2, 0) is 11.2 Å². The molecule has 1 heterocycles. The van der Waals surface area contributed by atoms with E-state index in [1.807, 2.05) is 36.0 Å². The number of nitrogen functional groups attached to an aromatic ring is 1. The average Bonchev–Trinajstić information content (AvgIpc) is 2.79. The molecule has 0 aliphatic carbocycles. The lowest BCUT2D eigenvalue weighted by atomic mass is 10.1. The summed E-state index contributed by atoms with van der Waals surface area (Å²) in [6, 6.07) is 8.11. The van der Waals surface area contributed by atoms with Gasteiger partial charge in [-0.3, -0.25) is 4.79 Å². The molecular weight excluding hydrogens is 232 g/mol. The van der Waals surface area contributed by atoms with Gasteiger partial charge in [-0.2, -0.15) is 11.8 Å². The molecule has 1 aliphatic heterocycles. The standard InChI is InChI=1S/C13H18N2OS/c14-11-3-1-2-10(8-11)4-5-13(16)15-12-6-7-17-9-12/h1-3,8,12H,4-7,9,14H2,(H,15,16). The van der Waals surface area contributed by atoms with Crippen molar-refractivity contribution in [3.05, 3.63) is 29.8 Å². The first kappa shape index (κ1) is 12.3. The summed E-state index contributed by atoms with van der Waals surface area (Å²) < 4.78 is 0. The fourth-order valence-electron chi connectivity index (χ4n) is 1.95. The van der Waals surface area contributed by atoms with Crippen LogP contribution in [0.1, 0.15) is 18.4 Å². The van der Waals surface area contributed by atoms with E-state index in [4.69, 9.17) is 5.73 Å². The lowest BCUT2D eigenvalue weighted by Crippen LogP contribution is -2.34. The first-order chi connectivity index (χ1) is 8.24. The number of carbonyl (C=O) groups excluding carboxylic acids is 1. The maximum atomic E-state index is 11.7. The molecule has 4 heteroatoms. The largest absolute Gasteiger partial charge is 0.399 e. The zero-order chi connectivity index (χ0) is 12.1. The molecule has 3 N–H and O–H groups in total. The van der Waals surface area contributed by atoms with Crippen molar-refractivity contribution in [2.75, 3.05) is 17.2 Å². The van der Waals surface area contributed by atoms with Crippen LogP contribution >= 0.6 is 11.8 Å². The molecule has 1 amide bonds. The normalized spacial score (nSPS) is 19.2. The Labute approximate surface area is 106 Å². The van der Waals surface area contributed by atoms with Gasteiger partial charge in [-0.15, -0.1) is 0 Å². The molecule has 3 nitrogen and oxygen atoms in total. The van der Waals surface area contributed by atoms with E-state index in [9.17, 15) is 4.79 Å². The smallest absolute Gasteiger partial charge is 0.220 e. The highest BCUT2D eigenvalue weighted by atomic mass is 32.2. The van der Waals surface area contributed by atoms with Gasteiger partial charge in [0.25, 0.3) is 0 Å². The lowest BCUT2D eigenvalue weighted by Gasteiger charge is -2.11. The highest BCUT2D eigenvalue weighted by Gasteiger charge is 2.17. The Morgan fingerprint density at radius 3 is 3.12 bits per heavy atom. The van der Waals surface area contributed by atoms with Gasteiger partial charge in [0, 0.05) is 23.9 Å². The van der Waals surface area contributed by atoms with E-state index in [0.717, 1.165) is 29.8 Å². The van der Waals surface area contributed by atoms with Crippen LogP contribution in [0.5, 0.6) is 0 Å². The average molecular weight is 250 g/mol. The van der Waals surface area contributed by atoms with Crippen LogP contribution in [0.4, 0.5) is 5.69 Å². The summed E-state index contributed by atoms with van der Waals surface area (Å²) in [7, 11) is 0. The summed E-state index contributed by atoms with van der Waals surface area (Å²) >= 11 is 1.91. The summed E-state index contributed by atoms with van der Waals surface area (Å²) in [6.07, 6.45) is 2.41. The van der Waals surface area contributed by atoms with Crippen LogP contribution in [0.3, 0.4) is 0 Å². The Bertz CT molecular complexity index is 389. The van der Waals surface area contributed by atoms with Crippen LogP contribution in [0.2, 0.25) is 0 Å². The minimum absolute atomic E-state index is 0.153. The monoisotopic (exact) mass is 250 g/mol. The van der Waals surface area contributed by atoms with Crippen molar-refractivity contribution in [2.24, 2.45) is 0 Å². The second-order valence-corrected chi connectivity index (χ2v) is 5.52. The number of amides is 1. The molecule has 2 rings (SSSR count). The van der Waals surface area contributed by atoms with Crippen LogP contribution in [0.25, 0.3) is 0 Å². The van der Waals surface area contributed by atoms with E-state index in [1.165, 1.54) is 5.75 Å². The third-order valence-electron chi connectivity index (χ3n) is 2.89. The molecule has 0 radical (unpaired) electrons. The Kier molecular flexibility index (Phi) is 4.31. The first-order valence-electron chi connectivity index (χ1n) is 5.95. The minimum atomic E-state index is 0.153. The van der Waals surface area contributed by atoms with Crippen molar-refractivity contribution in [1.29, 1.82) is 0 Å². The van der Waals surface area contributed by atoms with Crippen molar-refractivity contribution < 1.29 is 4.79 Å². The molecule has 1 aromatic carbocycles. The number of anilines is 1. The molecule has 1 aromatic rings. The highest BCUT2D eigenvalue weighted by molar-refractivity contribution is 7.99. The van der Waals surface area contributed by atoms with E-state index in [2.05, 4.69) is 5.32 Å². The highest BCUT2D eigenvalue weighted by Crippen LogP contribution is 2.17. The van der Waals surface area contributed by atoms with Gasteiger partial charge in [0.1, 0.15) is 0 Å². The Morgan fingerprint density at radius 2 is 2.41 bits per heavy atom. The number of hydrogen-bond donors (Lipinski definition) is 2. The Morgan fingerprint density at radius 1 is 1.53 bits per heavy atom. The molecule has 1 atom stereocenters. The van der Waals surface area contributed by atoms with E-state index in [1.54, 1.807) is 0 Å². The predicted molar refractivity (Wildman–Crippen MR) is 73.0 cm³/mol. The SMILES string of the molecule is Nc1cccc(CCC(=O)NC2CCSC2)c1. The second-order valence-electron chi connectivity index (χ2n) is 4.37. The molecule has 0 saturated carbocycles. The number of nitrogens with two attached hydrogens (primary N) is 1. The molecule has 17 heavy (non-hydrogen) atoms. The molecule has 0 spiro atoms. The summed E-state index contributed by atoms with van der Waals surface area (Å²) in [5.74, 6) is 2.38. The van der Waals surface area contributed by atoms with Gasteiger partial charge in [0.05, 0.1) is 0 Å². The lowest BCUT2D eigenvalue weighted by molar-refractivity contribution is -0.121. The minimum Gasteiger partial charge on any atom is -0.399 e. The maximum Gasteiger partial charge on any atom is 0.220 e. The number of thioether (sulfide) groups is 1. The van der Waals surface area contributed by atoms with E-state index >= 15 is 0 Å². The molecular formula is C13H18N2OS.